The highest BCUT2D eigenvalue weighted by molar-refractivity contribution is 7.98. The molecule has 0 aliphatic carbocycles. The van der Waals surface area contributed by atoms with E-state index in [0.29, 0.717) is 54.1 Å². The second kappa shape index (κ2) is 10.5. The lowest BCUT2D eigenvalue weighted by Gasteiger charge is -2.38. The fraction of sp³-hybridized carbons (Fsp3) is 0.500. The number of carbonyl (C=O) groups is 1. The zero-order valence-electron chi connectivity index (χ0n) is 21.4. The lowest BCUT2D eigenvalue weighted by atomic mass is 9.90. The standard InChI is InChI=1S/C24H31ClN4O6S2/c1-13-10-19(36-5)17(23(31)28-13)12-27-22(30)16-11-18(25)21-20(14(16)2)34-24(3,35-21)15-6-8-29(9-7-15)37(32,33)26-4/h10-11,15,26H,6-9,12H2,1-5H3,(H,27,30)(H,28,31). The van der Waals surface area contributed by atoms with Gasteiger partial charge in [-0.3, -0.25) is 9.59 Å². The van der Waals surface area contributed by atoms with Crippen LogP contribution in [0.5, 0.6) is 11.5 Å². The number of hydrogen-bond acceptors (Lipinski definition) is 7. The number of nitrogens with zero attached hydrogens (tertiary/aromatic N) is 1. The Labute approximate surface area is 225 Å². The van der Waals surface area contributed by atoms with Crippen LogP contribution in [-0.4, -0.2) is 55.8 Å². The zero-order valence-corrected chi connectivity index (χ0v) is 23.7. The molecule has 37 heavy (non-hydrogen) atoms. The van der Waals surface area contributed by atoms with Crippen molar-refractivity contribution in [2.24, 2.45) is 5.92 Å². The molecule has 13 heteroatoms. The molecule has 0 radical (unpaired) electrons. The number of carbonyl (C=O) groups excluding carboxylic acids is 1. The number of ether oxygens (including phenoxy) is 2. The van der Waals surface area contributed by atoms with Crippen molar-refractivity contribution in [1.82, 2.24) is 19.3 Å². The van der Waals surface area contributed by atoms with Crippen molar-refractivity contribution in [2.45, 2.75) is 50.8 Å². The predicted molar refractivity (Wildman–Crippen MR) is 143 cm³/mol. The Bertz CT molecular complexity index is 1390. The molecule has 1 atom stereocenters. The van der Waals surface area contributed by atoms with Gasteiger partial charge in [-0.05, 0) is 45.1 Å². The van der Waals surface area contributed by atoms with E-state index in [1.165, 1.54) is 29.2 Å². The molecule has 202 valence electrons. The molecule has 2 aliphatic heterocycles. The summed E-state index contributed by atoms with van der Waals surface area (Å²) in [7, 11) is -2.10. The highest BCUT2D eigenvalue weighted by Gasteiger charge is 2.48. The van der Waals surface area contributed by atoms with E-state index in [0.717, 1.165) is 10.6 Å². The van der Waals surface area contributed by atoms with Gasteiger partial charge < -0.3 is 19.8 Å². The zero-order chi connectivity index (χ0) is 27.1. The number of fused-ring (bicyclic) bond motifs is 1. The van der Waals surface area contributed by atoms with Gasteiger partial charge in [0.1, 0.15) is 0 Å². The Kier molecular flexibility index (Phi) is 7.87. The van der Waals surface area contributed by atoms with Crippen LogP contribution in [0.4, 0.5) is 0 Å². The summed E-state index contributed by atoms with van der Waals surface area (Å²) < 4.78 is 40.5. The molecule has 4 rings (SSSR count). The van der Waals surface area contributed by atoms with Crippen LogP contribution in [-0.2, 0) is 16.8 Å². The van der Waals surface area contributed by atoms with Gasteiger partial charge in [0.25, 0.3) is 27.5 Å². The van der Waals surface area contributed by atoms with Gasteiger partial charge in [0.15, 0.2) is 11.5 Å². The van der Waals surface area contributed by atoms with E-state index >= 15 is 0 Å². The highest BCUT2D eigenvalue weighted by Crippen LogP contribution is 2.51. The summed E-state index contributed by atoms with van der Waals surface area (Å²) in [4.78, 5) is 29.1. The van der Waals surface area contributed by atoms with Gasteiger partial charge in [-0.25, -0.2) is 4.72 Å². The van der Waals surface area contributed by atoms with Gasteiger partial charge >= 0.3 is 0 Å². The minimum absolute atomic E-state index is 0.0575. The Morgan fingerprint density at radius 1 is 1.24 bits per heavy atom. The number of aryl methyl sites for hydroxylation is 1. The van der Waals surface area contributed by atoms with Gasteiger partial charge in [0, 0.05) is 66.8 Å². The third-order valence-corrected chi connectivity index (χ3v) is 9.61. The third kappa shape index (κ3) is 5.35. The van der Waals surface area contributed by atoms with E-state index in [1.807, 2.05) is 26.2 Å². The number of piperidine rings is 1. The molecule has 2 aliphatic rings. The molecule has 1 amide bonds. The van der Waals surface area contributed by atoms with Crippen molar-refractivity contribution < 1.29 is 22.7 Å². The van der Waals surface area contributed by atoms with E-state index in [1.54, 1.807) is 6.92 Å². The Morgan fingerprint density at radius 3 is 2.51 bits per heavy atom. The molecule has 3 N–H and O–H groups in total. The molecule has 2 aromatic rings. The van der Waals surface area contributed by atoms with Gasteiger partial charge in [0.2, 0.25) is 0 Å². The lowest BCUT2D eigenvalue weighted by molar-refractivity contribution is -0.121. The molecule has 0 bridgehead atoms. The second-order valence-corrected chi connectivity index (χ2v) is 12.4. The fourth-order valence-corrected chi connectivity index (χ4v) is 6.69. The smallest absolute Gasteiger partial charge is 0.279 e. The third-order valence-electron chi connectivity index (χ3n) is 6.96. The van der Waals surface area contributed by atoms with Crippen LogP contribution >= 0.6 is 23.4 Å². The van der Waals surface area contributed by atoms with Crippen LogP contribution in [0, 0.1) is 19.8 Å². The first-order valence-electron chi connectivity index (χ1n) is 11.8. The minimum Gasteiger partial charge on any atom is -0.448 e. The topological polar surface area (TPSA) is 130 Å². The number of pyridine rings is 1. The molecular weight excluding hydrogens is 540 g/mol. The van der Waals surface area contributed by atoms with Crippen LogP contribution in [0.25, 0.3) is 0 Å². The van der Waals surface area contributed by atoms with E-state index in [2.05, 4.69) is 15.0 Å². The number of amides is 1. The Hall–Kier alpha value is -2.25. The maximum Gasteiger partial charge on any atom is 0.279 e. The molecule has 0 saturated carbocycles. The van der Waals surface area contributed by atoms with Crippen molar-refractivity contribution in [1.29, 1.82) is 0 Å². The number of aromatic nitrogens is 1. The molecule has 1 aromatic heterocycles. The van der Waals surface area contributed by atoms with Crippen LogP contribution in [0.3, 0.4) is 0 Å². The van der Waals surface area contributed by atoms with Crippen LogP contribution in [0.2, 0.25) is 5.02 Å². The monoisotopic (exact) mass is 570 g/mol. The Balaban J connectivity index is 1.51. The molecule has 0 spiro atoms. The Morgan fingerprint density at radius 2 is 1.89 bits per heavy atom. The summed E-state index contributed by atoms with van der Waals surface area (Å²) in [5.41, 5.74) is 1.88. The first kappa shape index (κ1) is 27.8. The van der Waals surface area contributed by atoms with E-state index < -0.39 is 21.9 Å². The van der Waals surface area contributed by atoms with Crippen LogP contribution in [0.1, 0.15) is 46.9 Å². The average molecular weight is 571 g/mol. The molecule has 1 saturated heterocycles. The number of thioether (sulfide) groups is 1. The fourth-order valence-electron chi connectivity index (χ4n) is 4.80. The van der Waals surface area contributed by atoms with Crippen LogP contribution < -0.4 is 25.1 Å². The van der Waals surface area contributed by atoms with Crippen molar-refractivity contribution in [3.05, 3.63) is 49.9 Å². The SMILES string of the molecule is CNS(=O)(=O)N1CCC(C2(C)Oc3c(Cl)cc(C(=O)NCc4c(SC)cc(C)[nH]c4=O)c(C)c3O2)CC1. The van der Waals surface area contributed by atoms with Gasteiger partial charge in [-0.15, -0.1) is 11.8 Å². The van der Waals surface area contributed by atoms with E-state index in [9.17, 15) is 18.0 Å². The summed E-state index contributed by atoms with van der Waals surface area (Å²) in [6, 6.07) is 3.41. The number of rotatable bonds is 7. The molecule has 1 fully saturated rings. The number of hydrogen-bond donors (Lipinski definition) is 3. The highest BCUT2D eigenvalue weighted by atomic mass is 35.5. The van der Waals surface area contributed by atoms with Crippen molar-refractivity contribution in [3.8, 4) is 11.5 Å². The molecule has 1 unspecified atom stereocenters. The second-order valence-electron chi connectivity index (χ2n) is 9.30. The van der Waals surface area contributed by atoms with Crippen LogP contribution in [0.15, 0.2) is 21.8 Å². The van der Waals surface area contributed by atoms with Crippen molar-refractivity contribution in [2.75, 3.05) is 26.4 Å². The minimum atomic E-state index is -3.49. The molecular formula is C24H31ClN4O6S2. The number of nitrogens with one attached hydrogen (secondary N) is 3. The summed E-state index contributed by atoms with van der Waals surface area (Å²) in [6.07, 6.45) is 2.96. The summed E-state index contributed by atoms with van der Waals surface area (Å²) in [5.74, 6) is -0.776. The summed E-state index contributed by atoms with van der Waals surface area (Å²) in [6.45, 7) is 6.10. The average Bonchev–Trinajstić information content (AvgIpc) is 3.25. The number of halogens is 1. The van der Waals surface area contributed by atoms with Gasteiger partial charge in [-0.1, -0.05) is 11.6 Å². The van der Waals surface area contributed by atoms with Crippen molar-refractivity contribution in [3.63, 3.8) is 0 Å². The van der Waals surface area contributed by atoms with E-state index in [-0.39, 0.29) is 23.0 Å². The van der Waals surface area contributed by atoms with Gasteiger partial charge in [-0.2, -0.15) is 12.7 Å². The van der Waals surface area contributed by atoms with Gasteiger partial charge in [0.05, 0.1) is 5.02 Å². The largest absolute Gasteiger partial charge is 0.448 e. The first-order chi connectivity index (χ1) is 17.4. The maximum atomic E-state index is 13.1. The maximum absolute atomic E-state index is 13.1. The predicted octanol–water partition coefficient (Wildman–Crippen LogP) is 2.96. The number of benzene rings is 1. The van der Waals surface area contributed by atoms with E-state index in [4.69, 9.17) is 21.1 Å². The molecule has 1 aromatic carbocycles. The number of aromatic amines is 1. The number of H-pyrrole nitrogens is 1. The molecule has 10 nitrogen and oxygen atoms in total. The normalized spacial score (nSPS) is 20.3. The van der Waals surface area contributed by atoms with Crippen molar-refractivity contribution >= 4 is 39.5 Å². The lowest BCUT2D eigenvalue weighted by Crippen LogP contribution is -2.51. The summed E-state index contributed by atoms with van der Waals surface area (Å²) >= 11 is 7.97. The quantitative estimate of drug-likeness (QED) is 0.436. The first-order valence-corrected chi connectivity index (χ1v) is 14.9. The molecule has 3 heterocycles. The summed E-state index contributed by atoms with van der Waals surface area (Å²) in [5, 5.41) is 3.06.